The molecule has 3 rings (SSSR count). The van der Waals surface area contributed by atoms with Crippen LogP contribution >= 0.6 is 11.3 Å². The van der Waals surface area contributed by atoms with E-state index in [-0.39, 0.29) is 5.41 Å². The second-order valence-electron chi connectivity index (χ2n) is 6.19. The molecule has 0 bridgehead atoms. The van der Waals surface area contributed by atoms with Gasteiger partial charge in [-0.2, -0.15) is 0 Å². The van der Waals surface area contributed by atoms with E-state index in [9.17, 15) is 0 Å². The van der Waals surface area contributed by atoms with Crippen LogP contribution in [-0.4, -0.2) is 18.1 Å². The lowest BCUT2D eigenvalue weighted by atomic mass is 9.98. The Bertz CT molecular complexity index is 559. The number of nitrogens with one attached hydrogen (secondary N) is 1. The maximum Gasteiger partial charge on any atom is 0.0992 e. The molecule has 2 heterocycles. The molecule has 1 aromatic heterocycles. The van der Waals surface area contributed by atoms with Crippen LogP contribution in [0.5, 0.6) is 0 Å². The average Bonchev–Trinajstić information content (AvgIpc) is 2.96. The Labute approximate surface area is 112 Å². The van der Waals surface area contributed by atoms with Crippen LogP contribution in [0.25, 0.3) is 10.2 Å². The summed E-state index contributed by atoms with van der Waals surface area (Å²) in [5.74, 6) is 0.689. The molecule has 1 aromatic carbocycles. The highest BCUT2D eigenvalue weighted by molar-refractivity contribution is 7.18. The lowest BCUT2D eigenvalue weighted by molar-refractivity contribution is 0.587. The largest absolute Gasteiger partial charge is 0.316 e. The first-order chi connectivity index (χ1) is 8.54. The highest BCUT2D eigenvalue weighted by Gasteiger charge is 2.20. The number of aromatic nitrogens is 1. The lowest BCUT2D eigenvalue weighted by Gasteiger charge is -2.13. The summed E-state index contributed by atoms with van der Waals surface area (Å²) in [5, 5.41) is 4.67. The van der Waals surface area contributed by atoms with Crippen LogP contribution in [0.3, 0.4) is 0 Å². The number of nitrogens with zero attached hydrogens (tertiary/aromatic N) is 1. The van der Waals surface area contributed by atoms with E-state index in [1.807, 2.05) is 11.3 Å². The molecule has 0 saturated carbocycles. The zero-order chi connectivity index (χ0) is 12.8. The zero-order valence-electron chi connectivity index (χ0n) is 11.3. The highest BCUT2D eigenvalue weighted by atomic mass is 32.1. The van der Waals surface area contributed by atoms with Crippen molar-refractivity contribution in [1.29, 1.82) is 0 Å². The normalized spacial score (nSPS) is 20.7. The number of hydrogen-bond donors (Lipinski definition) is 1. The number of rotatable bonds is 1. The minimum absolute atomic E-state index is 0.152. The summed E-state index contributed by atoms with van der Waals surface area (Å²) in [7, 11) is 0. The summed E-state index contributed by atoms with van der Waals surface area (Å²) in [6, 6.07) is 6.79. The van der Waals surface area contributed by atoms with Crippen molar-refractivity contribution < 1.29 is 0 Å². The van der Waals surface area contributed by atoms with E-state index in [2.05, 4.69) is 44.3 Å². The molecule has 0 amide bonds. The third-order valence-corrected chi connectivity index (χ3v) is 5.03. The first-order valence-electron chi connectivity index (χ1n) is 6.66. The van der Waals surface area contributed by atoms with Crippen LogP contribution in [0, 0.1) is 0 Å². The van der Waals surface area contributed by atoms with Gasteiger partial charge in [0.25, 0.3) is 0 Å². The van der Waals surface area contributed by atoms with Crippen LogP contribution < -0.4 is 5.32 Å². The van der Waals surface area contributed by atoms with Crippen molar-refractivity contribution in [2.45, 2.75) is 38.5 Å². The fraction of sp³-hybridized carbons (Fsp3) is 0.533. The number of thiazole rings is 1. The predicted octanol–water partition coefficient (Wildman–Crippen LogP) is 3.67. The molecule has 1 saturated heterocycles. The van der Waals surface area contributed by atoms with E-state index in [4.69, 9.17) is 4.98 Å². The summed E-state index contributed by atoms with van der Waals surface area (Å²) in [6.45, 7) is 8.96. The van der Waals surface area contributed by atoms with Gasteiger partial charge in [0, 0.05) is 12.0 Å². The maximum absolute atomic E-state index is 4.75. The Balaban J connectivity index is 2.01. The summed E-state index contributed by atoms with van der Waals surface area (Å²) in [6.07, 6.45) is 1.26. The van der Waals surface area contributed by atoms with Crippen molar-refractivity contribution in [1.82, 2.24) is 10.3 Å². The van der Waals surface area contributed by atoms with Crippen LogP contribution in [0.2, 0.25) is 0 Å². The van der Waals surface area contributed by atoms with Crippen LogP contribution in [-0.2, 0) is 5.41 Å². The molecule has 1 N–H and O–H groups in total. The van der Waals surface area contributed by atoms with Gasteiger partial charge in [-0.15, -0.1) is 11.3 Å². The first-order valence-corrected chi connectivity index (χ1v) is 7.47. The van der Waals surface area contributed by atoms with E-state index in [1.54, 1.807) is 0 Å². The Morgan fingerprint density at radius 3 is 2.83 bits per heavy atom. The van der Waals surface area contributed by atoms with Gasteiger partial charge in [-0.05, 0) is 36.6 Å². The molecule has 1 aliphatic heterocycles. The molecule has 0 spiro atoms. The monoisotopic (exact) mass is 260 g/mol. The van der Waals surface area contributed by atoms with E-state index in [1.165, 1.54) is 21.7 Å². The van der Waals surface area contributed by atoms with Crippen LogP contribution in [0.15, 0.2) is 18.2 Å². The molecular weight excluding hydrogens is 240 g/mol. The van der Waals surface area contributed by atoms with Crippen molar-refractivity contribution in [2.24, 2.45) is 0 Å². The smallest absolute Gasteiger partial charge is 0.0992 e. The molecule has 3 heteroatoms. The van der Waals surface area contributed by atoms with Gasteiger partial charge in [0.15, 0.2) is 0 Å². The van der Waals surface area contributed by atoms with E-state index >= 15 is 0 Å². The van der Waals surface area contributed by atoms with Crippen molar-refractivity contribution in [2.75, 3.05) is 13.1 Å². The van der Waals surface area contributed by atoms with Gasteiger partial charge in [-0.1, -0.05) is 26.8 Å². The van der Waals surface area contributed by atoms with Crippen LogP contribution in [0.1, 0.15) is 43.7 Å². The Kier molecular flexibility index (Phi) is 2.91. The molecule has 1 fully saturated rings. The number of fused-ring (bicyclic) bond motifs is 1. The predicted molar refractivity (Wildman–Crippen MR) is 78.5 cm³/mol. The lowest BCUT2D eigenvalue weighted by Crippen LogP contribution is -2.09. The topological polar surface area (TPSA) is 24.9 Å². The maximum atomic E-state index is 4.75. The van der Waals surface area contributed by atoms with Gasteiger partial charge in [-0.25, -0.2) is 4.98 Å². The molecular formula is C15H20N2S. The molecule has 1 unspecified atom stereocenters. The summed E-state index contributed by atoms with van der Waals surface area (Å²) < 4.78 is 1.34. The minimum Gasteiger partial charge on any atom is -0.316 e. The molecule has 1 aliphatic rings. The fourth-order valence-electron chi connectivity index (χ4n) is 2.46. The average molecular weight is 260 g/mol. The molecule has 2 aromatic rings. The van der Waals surface area contributed by atoms with Crippen molar-refractivity contribution in [3.05, 3.63) is 28.8 Å². The van der Waals surface area contributed by atoms with Gasteiger partial charge in [0.05, 0.1) is 15.2 Å². The minimum atomic E-state index is 0.152. The Morgan fingerprint density at radius 2 is 2.17 bits per heavy atom. The van der Waals surface area contributed by atoms with Crippen molar-refractivity contribution in [3.63, 3.8) is 0 Å². The second kappa shape index (κ2) is 4.32. The van der Waals surface area contributed by atoms with E-state index in [0.717, 1.165) is 18.6 Å². The summed E-state index contributed by atoms with van der Waals surface area (Å²) >= 11 is 1.85. The van der Waals surface area contributed by atoms with Gasteiger partial charge in [-0.3, -0.25) is 0 Å². The van der Waals surface area contributed by atoms with Gasteiger partial charge >= 0.3 is 0 Å². The quantitative estimate of drug-likeness (QED) is 0.846. The molecule has 2 nitrogen and oxygen atoms in total. The van der Waals surface area contributed by atoms with Gasteiger partial charge in [0.2, 0.25) is 0 Å². The molecule has 18 heavy (non-hydrogen) atoms. The van der Waals surface area contributed by atoms with Crippen molar-refractivity contribution >= 4 is 21.6 Å². The zero-order valence-corrected chi connectivity index (χ0v) is 12.1. The summed E-state index contributed by atoms with van der Waals surface area (Å²) in [4.78, 5) is 4.75. The SMILES string of the molecule is CC(C)(C)c1nc2ccc(C3CCNC3)cc2s1. The van der Waals surface area contributed by atoms with Gasteiger partial charge < -0.3 is 5.32 Å². The fourth-order valence-corrected chi connectivity index (χ4v) is 3.53. The second-order valence-corrected chi connectivity index (χ2v) is 7.22. The Morgan fingerprint density at radius 1 is 1.33 bits per heavy atom. The molecule has 0 radical (unpaired) electrons. The number of hydrogen-bond acceptors (Lipinski definition) is 3. The highest BCUT2D eigenvalue weighted by Crippen LogP contribution is 2.33. The summed E-state index contributed by atoms with van der Waals surface area (Å²) in [5.41, 5.74) is 2.77. The molecule has 96 valence electrons. The third kappa shape index (κ3) is 2.17. The van der Waals surface area contributed by atoms with Gasteiger partial charge in [0.1, 0.15) is 0 Å². The Hall–Kier alpha value is -0.930. The standard InChI is InChI=1S/C15H20N2S/c1-15(2,3)14-17-12-5-4-10(8-13(12)18-14)11-6-7-16-9-11/h4-5,8,11,16H,6-7,9H2,1-3H3. The molecule has 0 aliphatic carbocycles. The van der Waals surface area contributed by atoms with E-state index < -0.39 is 0 Å². The number of benzene rings is 1. The van der Waals surface area contributed by atoms with Crippen molar-refractivity contribution in [3.8, 4) is 0 Å². The van der Waals surface area contributed by atoms with Crippen LogP contribution in [0.4, 0.5) is 0 Å². The third-order valence-electron chi connectivity index (χ3n) is 3.59. The first kappa shape index (κ1) is 12.1. The molecule has 1 atom stereocenters. The van der Waals surface area contributed by atoms with E-state index in [0.29, 0.717) is 5.92 Å².